The van der Waals surface area contributed by atoms with Crippen molar-refractivity contribution in [1.29, 1.82) is 0 Å². The molecule has 0 aliphatic carbocycles. The number of hydrogen-bond donors (Lipinski definition) is 2. The molecule has 148 valence electrons. The first-order valence-electron chi connectivity index (χ1n) is 9.51. The summed E-state index contributed by atoms with van der Waals surface area (Å²) < 4.78 is 13.0. The molecule has 1 saturated heterocycles. The minimum absolute atomic E-state index is 0.0927. The maximum absolute atomic E-state index is 13.0. The number of nitrogens with one attached hydrogen (secondary N) is 2. The van der Waals surface area contributed by atoms with Crippen LogP contribution in [-0.2, 0) is 11.3 Å². The fourth-order valence-electron chi connectivity index (χ4n) is 3.52. The van der Waals surface area contributed by atoms with Crippen molar-refractivity contribution in [2.75, 3.05) is 18.4 Å². The van der Waals surface area contributed by atoms with E-state index in [1.165, 1.54) is 12.1 Å². The lowest BCUT2D eigenvalue weighted by Crippen LogP contribution is -2.52. The maximum atomic E-state index is 13.0. The quantitative estimate of drug-likeness (QED) is 0.836. The number of urea groups is 1. The van der Waals surface area contributed by atoms with E-state index in [0.29, 0.717) is 19.6 Å². The summed E-state index contributed by atoms with van der Waals surface area (Å²) in [6, 6.07) is 13.5. The molecule has 2 N–H and O–H groups in total. The minimum atomic E-state index is -0.651. The van der Waals surface area contributed by atoms with Crippen molar-refractivity contribution >= 4 is 17.6 Å². The van der Waals surface area contributed by atoms with Crippen molar-refractivity contribution in [2.24, 2.45) is 5.41 Å². The number of hydrogen-bond acceptors (Lipinski definition) is 2. The number of amides is 3. The van der Waals surface area contributed by atoms with Gasteiger partial charge in [0.2, 0.25) is 5.91 Å². The van der Waals surface area contributed by atoms with Crippen LogP contribution in [0.15, 0.2) is 48.5 Å². The largest absolute Gasteiger partial charge is 0.351 e. The van der Waals surface area contributed by atoms with E-state index >= 15 is 0 Å². The first-order valence-corrected chi connectivity index (χ1v) is 9.51. The van der Waals surface area contributed by atoms with Gasteiger partial charge in [0.25, 0.3) is 0 Å². The first-order chi connectivity index (χ1) is 13.4. The molecule has 0 aromatic heterocycles. The molecule has 0 unspecified atom stereocenters. The zero-order valence-electron chi connectivity index (χ0n) is 16.3. The van der Waals surface area contributed by atoms with Crippen LogP contribution < -0.4 is 10.6 Å². The van der Waals surface area contributed by atoms with Gasteiger partial charge < -0.3 is 15.5 Å². The molecule has 1 aliphatic rings. The monoisotopic (exact) mass is 383 g/mol. The SMILES string of the molecule is Cc1cccc(NC(=O)N2CCC[C@](C)(C(=O)NCc3ccc(F)cc3)C2)c1. The second-order valence-electron chi connectivity index (χ2n) is 7.69. The molecule has 3 amide bonds. The molecule has 2 aromatic rings. The lowest BCUT2D eigenvalue weighted by molar-refractivity contribution is -0.132. The van der Waals surface area contributed by atoms with Gasteiger partial charge in [-0.05, 0) is 62.1 Å². The van der Waals surface area contributed by atoms with E-state index in [4.69, 9.17) is 0 Å². The third-order valence-electron chi connectivity index (χ3n) is 5.17. The molecule has 1 aliphatic heterocycles. The van der Waals surface area contributed by atoms with E-state index in [9.17, 15) is 14.0 Å². The Morgan fingerprint density at radius 3 is 2.64 bits per heavy atom. The number of carbonyl (C=O) groups is 2. The highest BCUT2D eigenvalue weighted by Gasteiger charge is 2.39. The van der Waals surface area contributed by atoms with Crippen molar-refractivity contribution < 1.29 is 14.0 Å². The Labute approximate surface area is 164 Å². The van der Waals surface area contributed by atoms with E-state index in [0.717, 1.165) is 29.7 Å². The number of nitrogens with zero attached hydrogens (tertiary/aromatic N) is 1. The Morgan fingerprint density at radius 1 is 1.18 bits per heavy atom. The fraction of sp³-hybridized carbons (Fsp3) is 0.364. The van der Waals surface area contributed by atoms with Crippen LogP contribution in [0.2, 0.25) is 0 Å². The molecule has 1 atom stereocenters. The summed E-state index contributed by atoms with van der Waals surface area (Å²) in [4.78, 5) is 27.1. The summed E-state index contributed by atoms with van der Waals surface area (Å²) >= 11 is 0. The number of halogens is 1. The van der Waals surface area contributed by atoms with Crippen molar-refractivity contribution in [3.63, 3.8) is 0 Å². The van der Waals surface area contributed by atoms with Crippen LogP contribution >= 0.6 is 0 Å². The van der Waals surface area contributed by atoms with Crippen LogP contribution in [-0.4, -0.2) is 29.9 Å². The number of likely N-dealkylation sites (tertiary alicyclic amines) is 1. The molecule has 0 saturated carbocycles. The predicted octanol–water partition coefficient (Wildman–Crippen LogP) is 4.08. The Bertz CT molecular complexity index is 853. The lowest BCUT2D eigenvalue weighted by Gasteiger charge is -2.39. The van der Waals surface area contributed by atoms with Crippen LogP contribution in [0.4, 0.5) is 14.9 Å². The van der Waals surface area contributed by atoms with Gasteiger partial charge >= 0.3 is 6.03 Å². The van der Waals surface area contributed by atoms with Crippen molar-refractivity contribution in [3.05, 3.63) is 65.5 Å². The fourth-order valence-corrected chi connectivity index (χ4v) is 3.52. The van der Waals surface area contributed by atoms with Crippen LogP contribution in [0.1, 0.15) is 30.9 Å². The van der Waals surface area contributed by atoms with Gasteiger partial charge in [-0.2, -0.15) is 0 Å². The average molecular weight is 383 g/mol. The summed E-state index contributed by atoms with van der Waals surface area (Å²) in [6.45, 7) is 5.18. The zero-order valence-corrected chi connectivity index (χ0v) is 16.3. The number of benzene rings is 2. The van der Waals surface area contributed by atoms with Gasteiger partial charge in [0.1, 0.15) is 5.82 Å². The van der Waals surface area contributed by atoms with Gasteiger partial charge in [-0.1, -0.05) is 24.3 Å². The van der Waals surface area contributed by atoms with Crippen molar-refractivity contribution in [2.45, 2.75) is 33.2 Å². The van der Waals surface area contributed by atoms with E-state index in [1.807, 2.05) is 38.1 Å². The highest BCUT2D eigenvalue weighted by molar-refractivity contribution is 5.90. The van der Waals surface area contributed by atoms with E-state index in [1.54, 1.807) is 17.0 Å². The molecule has 5 nitrogen and oxygen atoms in total. The number of rotatable bonds is 4. The molecule has 3 rings (SSSR count). The van der Waals surface area contributed by atoms with Gasteiger partial charge in [0, 0.05) is 25.3 Å². The average Bonchev–Trinajstić information content (AvgIpc) is 2.67. The second-order valence-corrected chi connectivity index (χ2v) is 7.69. The van der Waals surface area contributed by atoms with Gasteiger partial charge in [-0.15, -0.1) is 0 Å². The summed E-state index contributed by atoms with van der Waals surface area (Å²) in [6.07, 6.45) is 1.48. The van der Waals surface area contributed by atoms with Crippen molar-refractivity contribution in [3.8, 4) is 0 Å². The van der Waals surface area contributed by atoms with Crippen LogP contribution in [0.5, 0.6) is 0 Å². The molecule has 2 aromatic carbocycles. The van der Waals surface area contributed by atoms with Crippen LogP contribution in [0.25, 0.3) is 0 Å². The van der Waals surface area contributed by atoms with Crippen molar-refractivity contribution in [1.82, 2.24) is 10.2 Å². The smallest absolute Gasteiger partial charge is 0.321 e. The topological polar surface area (TPSA) is 61.4 Å². The van der Waals surface area contributed by atoms with E-state index in [2.05, 4.69) is 10.6 Å². The lowest BCUT2D eigenvalue weighted by atomic mass is 9.81. The van der Waals surface area contributed by atoms with Gasteiger partial charge in [0.15, 0.2) is 0 Å². The summed E-state index contributed by atoms with van der Waals surface area (Å²) in [7, 11) is 0. The molecular formula is C22H26FN3O2. The highest BCUT2D eigenvalue weighted by atomic mass is 19.1. The van der Waals surface area contributed by atoms with E-state index < -0.39 is 5.41 Å². The molecular weight excluding hydrogens is 357 g/mol. The van der Waals surface area contributed by atoms with Gasteiger partial charge in [0.05, 0.1) is 5.41 Å². The molecule has 1 heterocycles. The normalized spacial score (nSPS) is 19.2. The number of aryl methyl sites for hydroxylation is 1. The van der Waals surface area contributed by atoms with E-state index in [-0.39, 0.29) is 17.8 Å². The highest BCUT2D eigenvalue weighted by Crippen LogP contribution is 2.30. The van der Waals surface area contributed by atoms with Crippen LogP contribution in [0, 0.1) is 18.2 Å². The van der Waals surface area contributed by atoms with Crippen LogP contribution in [0.3, 0.4) is 0 Å². The Morgan fingerprint density at radius 2 is 1.93 bits per heavy atom. The predicted molar refractivity (Wildman–Crippen MR) is 107 cm³/mol. The Kier molecular flexibility index (Phi) is 5.97. The maximum Gasteiger partial charge on any atom is 0.321 e. The summed E-state index contributed by atoms with van der Waals surface area (Å²) in [5, 5.41) is 5.84. The molecule has 6 heteroatoms. The number of carbonyl (C=O) groups excluding carboxylic acids is 2. The zero-order chi connectivity index (χ0) is 20.1. The first kappa shape index (κ1) is 19.9. The molecule has 1 fully saturated rings. The Hall–Kier alpha value is -2.89. The molecule has 0 bridgehead atoms. The van der Waals surface area contributed by atoms with Gasteiger partial charge in [-0.3, -0.25) is 4.79 Å². The number of anilines is 1. The second kappa shape index (κ2) is 8.42. The molecule has 0 spiro atoms. The molecule has 0 radical (unpaired) electrons. The minimum Gasteiger partial charge on any atom is -0.351 e. The summed E-state index contributed by atoms with van der Waals surface area (Å²) in [5.41, 5.74) is 2.00. The third kappa shape index (κ3) is 4.88. The molecule has 28 heavy (non-hydrogen) atoms. The summed E-state index contributed by atoms with van der Waals surface area (Å²) in [5.74, 6) is -0.394. The Balaban J connectivity index is 1.59. The number of piperidine rings is 1. The third-order valence-corrected chi connectivity index (χ3v) is 5.17. The standard InChI is InChI=1S/C22H26FN3O2/c1-16-5-3-6-19(13-16)25-21(28)26-12-4-11-22(2,15-26)20(27)24-14-17-7-9-18(23)10-8-17/h3,5-10,13H,4,11-12,14-15H2,1-2H3,(H,24,27)(H,25,28)/t22-/m0/s1. The van der Waals surface area contributed by atoms with Gasteiger partial charge in [-0.25, -0.2) is 9.18 Å².